The van der Waals surface area contributed by atoms with Crippen molar-refractivity contribution in [2.45, 2.75) is 18.3 Å². The lowest BCUT2D eigenvalue weighted by atomic mass is 9.74. The molecule has 1 aromatic heterocycles. The number of halogens is 1. The molecule has 0 aliphatic carbocycles. The molecule has 3 rings (SSSR count). The van der Waals surface area contributed by atoms with E-state index in [2.05, 4.69) is 48.9 Å². The number of nitrogens with zero attached hydrogens (tertiary/aromatic N) is 1. The number of H-pyrrole nitrogens is 1. The van der Waals surface area contributed by atoms with Gasteiger partial charge in [-0.05, 0) is 30.5 Å². The molecule has 1 aromatic carbocycles. The summed E-state index contributed by atoms with van der Waals surface area (Å²) in [6, 6.07) is 8.05. The van der Waals surface area contributed by atoms with Crippen molar-refractivity contribution in [3.05, 3.63) is 46.7 Å². The molecule has 2 amide bonds. The second-order valence-corrected chi connectivity index (χ2v) is 6.61. The van der Waals surface area contributed by atoms with Crippen LogP contribution in [0.4, 0.5) is 10.5 Å². The molecule has 0 spiro atoms. The molecule has 2 aromatic rings. The summed E-state index contributed by atoms with van der Waals surface area (Å²) in [6.45, 7) is 1.98. The van der Waals surface area contributed by atoms with Gasteiger partial charge in [-0.15, -0.1) is 0 Å². The highest BCUT2D eigenvalue weighted by atomic mass is 79.9. The van der Waals surface area contributed by atoms with Gasteiger partial charge in [0, 0.05) is 35.8 Å². The molecule has 2 heterocycles. The van der Waals surface area contributed by atoms with Crippen molar-refractivity contribution < 1.29 is 9.53 Å². The summed E-state index contributed by atoms with van der Waals surface area (Å²) in [5, 5.41) is 12.2. The first-order valence-corrected chi connectivity index (χ1v) is 8.35. The van der Waals surface area contributed by atoms with E-state index in [0.29, 0.717) is 25.4 Å². The molecule has 0 unspecified atom stereocenters. The molecule has 0 bridgehead atoms. The van der Waals surface area contributed by atoms with E-state index in [9.17, 15) is 4.79 Å². The molecule has 7 heteroatoms. The van der Waals surface area contributed by atoms with Gasteiger partial charge in [0.1, 0.15) is 0 Å². The zero-order valence-electron chi connectivity index (χ0n) is 12.6. The third-order valence-electron chi connectivity index (χ3n) is 4.23. The zero-order chi connectivity index (χ0) is 16.1. The summed E-state index contributed by atoms with van der Waals surface area (Å²) < 4.78 is 6.56. The number of rotatable bonds is 4. The molecule has 6 nitrogen and oxygen atoms in total. The minimum atomic E-state index is -0.229. The number of anilines is 1. The van der Waals surface area contributed by atoms with Crippen LogP contribution >= 0.6 is 15.9 Å². The highest BCUT2D eigenvalue weighted by molar-refractivity contribution is 9.10. The third-order valence-corrected chi connectivity index (χ3v) is 4.72. The summed E-state index contributed by atoms with van der Waals surface area (Å²) in [5.41, 5.74) is 1.76. The van der Waals surface area contributed by atoms with Crippen molar-refractivity contribution in [3.63, 3.8) is 0 Å². The van der Waals surface area contributed by atoms with Crippen molar-refractivity contribution in [1.29, 1.82) is 0 Å². The van der Waals surface area contributed by atoms with Gasteiger partial charge in [0.05, 0.1) is 11.9 Å². The van der Waals surface area contributed by atoms with Gasteiger partial charge in [0.15, 0.2) is 0 Å². The average Bonchev–Trinajstić information content (AvgIpc) is 3.07. The monoisotopic (exact) mass is 378 g/mol. The molecule has 1 saturated heterocycles. The summed E-state index contributed by atoms with van der Waals surface area (Å²) in [5.74, 6) is 0. The minimum Gasteiger partial charge on any atom is -0.381 e. The predicted molar refractivity (Wildman–Crippen MR) is 91.5 cm³/mol. The molecule has 1 fully saturated rings. The van der Waals surface area contributed by atoms with Crippen LogP contribution in [0.3, 0.4) is 0 Å². The number of nitrogens with one attached hydrogen (secondary N) is 3. The molecule has 0 radical (unpaired) electrons. The van der Waals surface area contributed by atoms with Crippen LogP contribution in [0.1, 0.15) is 18.4 Å². The Morgan fingerprint density at radius 3 is 2.91 bits per heavy atom. The van der Waals surface area contributed by atoms with Crippen LogP contribution in [0.5, 0.6) is 0 Å². The van der Waals surface area contributed by atoms with Crippen molar-refractivity contribution >= 4 is 27.6 Å². The molecule has 23 heavy (non-hydrogen) atoms. The van der Waals surface area contributed by atoms with Crippen LogP contribution in [0, 0.1) is 0 Å². The van der Waals surface area contributed by atoms with Gasteiger partial charge in [-0.1, -0.05) is 28.1 Å². The highest BCUT2D eigenvalue weighted by Gasteiger charge is 2.35. The normalized spacial score (nSPS) is 16.7. The molecular weight excluding hydrogens is 360 g/mol. The van der Waals surface area contributed by atoms with Crippen LogP contribution in [0.15, 0.2) is 41.1 Å². The lowest BCUT2D eigenvalue weighted by Gasteiger charge is -2.38. The Morgan fingerprint density at radius 1 is 1.39 bits per heavy atom. The number of aromatic nitrogens is 2. The van der Waals surface area contributed by atoms with Crippen LogP contribution in [0.25, 0.3) is 0 Å². The Balaban J connectivity index is 1.70. The van der Waals surface area contributed by atoms with E-state index >= 15 is 0 Å². The summed E-state index contributed by atoms with van der Waals surface area (Å²) in [7, 11) is 0. The topological polar surface area (TPSA) is 79.0 Å². The highest BCUT2D eigenvalue weighted by Crippen LogP contribution is 2.35. The van der Waals surface area contributed by atoms with Crippen molar-refractivity contribution in [2.75, 3.05) is 25.1 Å². The third kappa shape index (κ3) is 3.92. The molecule has 122 valence electrons. The zero-order valence-corrected chi connectivity index (χ0v) is 14.2. The number of carbonyl (C=O) groups is 1. The van der Waals surface area contributed by atoms with Gasteiger partial charge in [-0.25, -0.2) is 4.79 Å². The van der Waals surface area contributed by atoms with Crippen molar-refractivity contribution in [3.8, 4) is 0 Å². The van der Waals surface area contributed by atoms with Gasteiger partial charge in [-0.2, -0.15) is 5.10 Å². The van der Waals surface area contributed by atoms with Gasteiger partial charge < -0.3 is 15.4 Å². The van der Waals surface area contributed by atoms with Crippen molar-refractivity contribution in [1.82, 2.24) is 15.5 Å². The molecule has 3 N–H and O–H groups in total. The van der Waals surface area contributed by atoms with E-state index in [4.69, 9.17) is 4.74 Å². The van der Waals surface area contributed by atoms with E-state index in [1.165, 1.54) is 5.56 Å². The minimum absolute atomic E-state index is 0.101. The second kappa shape index (κ2) is 7.14. The van der Waals surface area contributed by atoms with Gasteiger partial charge >= 0.3 is 6.03 Å². The van der Waals surface area contributed by atoms with E-state index in [-0.39, 0.29) is 11.4 Å². The van der Waals surface area contributed by atoms with E-state index in [0.717, 1.165) is 17.3 Å². The molecular formula is C16H19BrN4O2. The average molecular weight is 379 g/mol. The smallest absolute Gasteiger partial charge is 0.319 e. The number of ether oxygens (including phenoxy) is 1. The molecule has 0 atom stereocenters. The Labute approximate surface area is 143 Å². The molecule has 1 aliphatic heterocycles. The standard InChI is InChI=1S/C16H19BrN4O2/c17-13-3-1-2-12(8-13)16(4-6-23-7-5-16)11-18-15(22)21-14-9-19-20-10-14/h1-3,8-10H,4-7,11H2,(H,19,20)(H2,18,21,22). The largest absolute Gasteiger partial charge is 0.381 e. The Bertz CT molecular complexity index is 654. The van der Waals surface area contributed by atoms with Gasteiger partial charge in [0.25, 0.3) is 0 Å². The second-order valence-electron chi connectivity index (χ2n) is 5.70. The fourth-order valence-corrected chi connectivity index (χ4v) is 3.29. The Kier molecular flexibility index (Phi) is 4.97. The number of benzene rings is 1. The summed E-state index contributed by atoms with van der Waals surface area (Å²) >= 11 is 3.53. The van der Waals surface area contributed by atoms with Crippen LogP contribution in [-0.2, 0) is 10.2 Å². The maximum Gasteiger partial charge on any atom is 0.319 e. The Hall–Kier alpha value is -1.86. The number of urea groups is 1. The first-order chi connectivity index (χ1) is 11.2. The fraction of sp³-hybridized carbons (Fsp3) is 0.375. The maximum atomic E-state index is 12.1. The molecule has 1 aliphatic rings. The van der Waals surface area contributed by atoms with Gasteiger partial charge in [-0.3, -0.25) is 5.10 Å². The lowest BCUT2D eigenvalue weighted by molar-refractivity contribution is 0.0508. The fourth-order valence-electron chi connectivity index (χ4n) is 2.89. The maximum absolute atomic E-state index is 12.1. The van der Waals surface area contributed by atoms with Crippen LogP contribution < -0.4 is 10.6 Å². The number of amides is 2. The number of carbonyl (C=O) groups excluding carboxylic acids is 1. The first-order valence-electron chi connectivity index (χ1n) is 7.55. The summed E-state index contributed by atoms with van der Waals surface area (Å²) in [4.78, 5) is 12.1. The first kappa shape index (κ1) is 16.0. The molecule has 0 saturated carbocycles. The lowest BCUT2D eigenvalue weighted by Crippen LogP contribution is -2.45. The quantitative estimate of drug-likeness (QED) is 0.764. The summed E-state index contributed by atoms with van der Waals surface area (Å²) in [6.07, 6.45) is 4.97. The number of hydrogen-bond donors (Lipinski definition) is 3. The van der Waals surface area contributed by atoms with E-state index in [1.54, 1.807) is 12.4 Å². The van der Waals surface area contributed by atoms with Gasteiger partial charge in [0.2, 0.25) is 0 Å². The van der Waals surface area contributed by atoms with E-state index in [1.807, 2.05) is 12.1 Å². The van der Waals surface area contributed by atoms with Crippen molar-refractivity contribution in [2.24, 2.45) is 0 Å². The van der Waals surface area contributed by atoms with E-state index < -0.39 is 0 Å². The number of aromatic amines is 1. The van der Waals surface area contributed by atoms with Crippen LogP contribution in [0.2, 0.25) is 0 Å². The van der Waals surface area contributed by atoms with Crippen LogP contribution in [-0.4, -0.2) is 36.0 Å². The Morgan fingerprint density at radius 2 is 2.22 bits per heavy atom. The predicted octanol–water partition coefficient (Wildman–Crippen LogP) is 3.04. The SMILES string of the molecule is O=C(NCC1(c2cccc(Br)c2)CCOCC1)Nc1cn[nH]c1. The number of hydrogen-bond acceptors (Lipinski definition) is 3.